The minimum absolute atomic E-state index is 0.0760. The molecule has 3 aromatic rings. The van der Waals surface area contributed by atoms with Gasteiger partial charge in [0, 0.05) is 5.56 Å². The predicted octanol–water partition coefficient (Wildman–Crippen LogP) is 5.11. The molecular weight excluding hydrogens is 324 g/mol. The molecule has 3 rings (SSSR count). The minimum Gasteiger partial charge on any atom is -0.423 e. The van der Waals surface area contributed by atoms with Crippen LogP contribution in [-0.4, -0.2) is 11.8 Å². The highest BCUT2D eigenvalue weighted by molar-refractivity contribution is 6.06. The first-order chi connectivity index (χ1) is 12.6. The number of ether oxygens (including phenoxy) is 1. The fraction of sp³-hybridized carbons (Fsp3) is 0.0435. The summed E-state index contributed by atoms with van der Waals surface area (Å²) in [6.45, 7) is 1.87. The smallest absolute Gasteiger partial charge is 0.343 e. The second kappa shape index (κ2) is 8.08. The minimum atomic E-state index is -0.399. The van der Waals surface area contributed by atoms with Gasteiger partial charge in [-0.05, 0) is 42.3 Å². The van der Waals surface area contributed by atoms with Crippen LogP contribution in [0.2, 0.25) is 0 Å². The average Bonchev–Trinajstić information content (AvgIpc) is 2.67. The molecule has 0 bridgehead atoms. The van der Waals surface area contributed by atoms with E-state index in [1.807, 2.05) is 43.3 Å². The van der Waals surface area contributed by atoms with E-state index in [2.05, 4.69) is 0 Å². The third-order valence-electron chi connectivity index (χ3n) is 3.92. The van der Waals surface area contributed by atoms with Gasteiger partial charge in [0.05, 0.1) is 5.56 Å². The Morgan fingerprint density at radius 1 is 0.846 bits per heavy atom. The first-order valence-electron chi connectivity index (χ1n) is 8.29. The largest absolute Gasteiger partial charge is 0.423 e. The van der Waals surface area contributed by atoms with Crippen molar-refractivity contribution >= 4 is 17.8 Å². The molecule has 26 heavy (non-hydrogen) atoms. The number of aryl methyl sites for hydroxylation is 1. The molecule has 0 aliphatic carbocycles. The lowest BCUT2D eigenvalue weighted by Crippen LogP contribution is -2.10. The molecule has 0 atom stereocenters. The van der Waals surface area contributed by atoms with Gasteiger partial charge in [-0.25, -0.2) is 4.79 Å². The molecule has 0 unspecified atom stereocenters. The molecule has 0 spiro atoms. The van der Waals surface area contributed by atoms with Crippen molar-refractivity contribution < 1.29 is 14.3 Å². The number of rotatable bonds is 5. The van der Waals surface area contributed by atoms with E-state index >= 15 is 0 Å². The van der Waals surface area contributed by atoms with Crippen molar-refractivity contribution in [1.82, 2.24) is 0 Å². The van der Waals surface area contributed by atoms with Gasteiger partial charge in [0.2, 0.25) is 0 Å². The van der Waals surface area contributed by atoms with Gasteiger partial charge in [-0.1, -0.05) is 66.7 Å². The highest BCUT2D eigenvalue weighted by atomic mass is 16.5. The lowest BCUT2D eigenvalue weighted by molar-refractivity contribution is 0.0733. The Bertz CT molecular complexity index is 956. The summed E-state index contributed by atoms with van der Waals surface area (Å²) in [6.07, 6.45) is 3.22. The summed E-state index contributed by atoms with van der Waals surface area (Å²) in [5.74, 6) is -0.0370. The van der Waals surface area contributed by atoms with E-state index in [4.69, 9.17) is 4.74 Å². The monoisotopic (exact) mass is 342 g/mol. The lowest BCUT2D eigenvalue weighted by atomic mass is 10.1. The first kappa shape index (κ1) is 17.4. The molecule has 0 aromatic heterocycles. The standard InChI is InChI=1S/C23H18O3/c1-17-8-5-6-13-21(17)23(25)26-20-12-7-9-18(16-20)14-15-22(24)19-10-3-2-4-11-19/h2-16H,1H3. The van der Waals surface area contributed by atoms with Crippen molar-refractivity contribution in [2.24, 2.45) is 0 Å². The molecule has 3 aromatic carbocycles. The van der Waals surface area contributed by atoms with Crippen LogP contribution in [-0.2, 0) is 0 Å². The maximum Gasteiger partial charge on any atom is 0.343 e. The molecule has 0 saturated heterocycles. The fourth-order valence-corrected chi connectivity index (χ4v) is 2.52. The van der Waals surface area contributed by atoms with Gasteiger partial charge < -0.3 is 4.74 Å². The van der Waals surface area contributed by atoms with Crippen LogP contribution in [0.5, 0.6) is 5.75 Å². The maximum atomic E-state index is 12.3. The quantitative estimate of drug-likeness (QED) is 0.280. The van der Waals surface area contributed by atoms with Crippen molar-refractivity contribution in [3.05, 3.63) is 107 Å². The van der Waals surface area contributed by atoms with E-state index in [-0.39, 0.29) is 5.78 Å². The number of hydrogen-bond acceptors (Lipinski definition) is 3. The van der Waals surface area contributed by atoms with Gasteiger partial charge in [0.15, 0.2) is 5.78 Å². The average molecular weight is 342 g/mol. The van der Waals surface area contributed by atoms with Gasteiger partial charge >= 0.3 is 5.97 Å². The van der Waals surface area contributed by atoms with Gasteiger partial charge in [0.25, 0.3) is 0 Å². The number of ketones is 1. The van der Waals surface area contributed by atoms with Crippen LogP contribution in [0.1, 0.15) is 31.8 Å². The molecule has 0 amide bonds. The summed E-state index contributed by atoms with van der Waals surface area (Å²) in [4.78, 5) is 24.4. The SMILES string of the molecule is Cc1ccccc1C(=O)Oc1cccc(C=CC(=O)c2ccccc2)c1. The zero-order valence-corrected chi connectivity index (χ0v) is 14.4. The van der Waals surface area contributed by atoms with E-state index in [9.17, 15) is 9.59 Å². The van der Waals surface area contributed by atoms with E-state index in [0.29, 0.717) is 16.9 Å². The van der Waals surface area contributed by atoms with Crippen LogP contribution in [0.4, 0.5) is 0 Å². The van der Waals surface area contributed by atoms with Crippen molar-refractivity contribution in [2.45, 2.75) is 6.92 Å². The Morgan fingerprint density at radius 2 is 1.58 bits per heavy atom. The number of benzene rings is 3. The molecule has 0 aliphatic rings. The summed E-state index contributed by atoms with van der Waals surface area (Å²) in [6, 6.07) is 23.4. The molecule has 0 fully saturated rings. The fourth-order valence-electron chi connectivity index (χ4n) is 2.52. The number of hydrogen-bond donors (Lipinski definition) is 0. The van der Waals surface area contributed by atoms with Crippen molar-refractivity contribution in [1.29, 1.82) is 0 Å². The van der Waals surface area contributed by atoms with Crippen molar-refractivity contribution in [2.75, 3.05) is 0 Å². The topological polar surface area (TPSA) is 43.4 Å². The first-order valence-corrected chi connectivity index (χ1v) is 8.29. The number of allylic oxidation sites excluding steroid dienone is 1. The van der Waals surface area contributed by atoms with Gasteiger partial charge in [-0.15, -0.1) is 0 Å². The molecular formula is C23H18O3. The number of carbonyl (C=O) groups excluding carboxylic acids is 2. The summed E-state index contributed by atoms with van der Waals surface area (Å²) < 4.78 is 5.46. The lowest BCUT2D eigenvalue weighted by Gasteiger charge is -2.07. The molecule has 0 radical (unpaired) electrons. The van der Waals surface area contributed by atoms with E-state index in [1.165, 1.54) is 6.08 Å². The zero-order valence-electron chi connectivity index (χ0n) is 14.4. The second-order valence-electron chi connectivity index (χ2n) is 5.84. The van der Waals surface area contributed by atoms with Gasteiger partial charge in [0.1, 0.15) is 5.75 Å². The highest BCUT2D eigenvalue weighted by Crippen LogP contribution is 2.18. The Hall–Kier alpha value is -3.46. The molecule has 3 nitrogen and oxygen atoms in total. The maximum absolute atomic E-state index is 12.3. The Labute approximate surface area is 152 Å². The molecule has 0 aliphatic heterocycles. The molecule has 0 N–H and O–H groups in total. The molecule has 0 heterocycles. The van der Waals surface area contributed by atoms with E-state index in [1.54, 1.807) is 48.5 Å². The highest BCUT2D eigenvalue weighted by Gasteiger charge is 2.11. The molecule has 0 saturated carbocycles. The van der Waals surface area contributed by atoms with E-state index < -0.39 is 5.97 Å². The van der Waals surface area contributed by atoms with Crippen LogP contribution in [0.25, 0.3) is 6.08 Å². The third-order valence-corrected chi connectivity index (χ3v) is 3.92. The van der Waals surface area contributed by atoms with E-state index in [0.717, 1.165) is 11.1 Å². The summed E-state index contributed by atoms with van der Waals surface area (Å²) >= 11 is 0. The van der Waals surface area contributed by atoms with Gasteiger partial charge in [-0.3, -0.25) is 4.79 Å². The van der Waals surface area contributed by atoms with Crippen molar-refractivity contribution in [3.8, 4) is 5.75 Å². The summed E-state index contributed by atoms with van der Waals surface area (Å²) in [7, 11) is 0. The predicted molar refractivity (Wildman–Crippen MR) is 102 cm³/mol. The van der Waals surface area contributed by atoms with Crippen LogP contribution in [0.3, 0.4) is 0 Å². The Balaban J connectivity index is 1.72. The Morgan fingerprint density at radius 3 is 2.35 bits per heavy atom. The number of esters is 1. The van der Waals surface area contributed by atoms with Crippen LogP contribution >= 0.6 is 0 Å². The third kappa shape index (κ3) is 4.33. The zero-order chi connectivity index (χ0) is 18.4. The number of carbonyl (C=O) groups is 2. The van der Waals surface area contributed by atoms with Gasteiger partial charge in [-0.2, -0.15) is 0 Å². The van der Waals surface area contributed by atoms with Crippen LogP contribution in [0.15, 0.2) is 84.9 Å². The van der Waals surface area contributed by atoms with Crippen LogP contribution in [0, 0.1) is 6.92 Å². The summed E-state index contributed by atoms with van der Waals surface area (Å²) in [5.41, 5.74) is 2.81. The molecule has 3 heteroatoms. The van der Waals surface area contributed by atoms with Crippen LogP contribution < -0.4 is 4.74 Å². The normalized spacial score (nSPS) is 10.7. The second-order valence-corrected chi connectivity index (χ2v) is 5.84. The summed E-state index contributed by atoms with van der Waals surface area (Å²) in [5, 5.41) is 0. The Kier molecular flexibility index (Phi) is 5.40. The van der Waals surface area contributed by atoms with Crippen molar-refractivity contribution in [3.63, 3.8) is 0 Å². The molecule has 128 valence electrons.